The molecule has 0 saturated heterocycles. The average Bonchev–Trinajstić information content (AvgIpc) is 2.96. The standard InChI is InChI=1S/C15H23N3O4/c1-10(2)8-11(15(21)18(3)4)17-13(19)9-16-14(20)12-6-5-7-22-12/h5-7,10-11H,8-9H2,1-4H3,(H,16,20)(H,17,19)/t11-/m0/s1. The first-order valence-electron chi connectivity index (χ1n) is 7.13. The maximum Gasteiger partial charge on any atom is 0.287 e. The van der Waals surface area contributed by atoms with Crippen LogP contribution in [-0.2, 0) is 9.59 Å². The van der Waals surface area contributed by atoms with Crippen LogP contribution in [0.15, 0.2) is 22.8 Å². The Balaban J connectivity index is 2.52. The van der Waals surface area contributed by atoms with Crippen LogP contribution in [0.5, 0.6) is 0 Å². The lowest BCUT2D eigenvalue weighted by atomic mass is 10.0. The molecule has 7 nitrogen and oxygen atoms in total. The summed E-state index contributed by atoms with van der Waals surface area (Å²) in [6.07, 6.45) is 1.91. The zero-order valence-electron chi connectivity index (χ0n) is 13.4. The van der Waals surface area contributed by atoms with Crippen molar-refractivity contribution in [1.82, 2.24) is 15.5 Å². The van der Waals surface area contributed by atoms with Crippen LogP contribution in [0.25, 0.3) is 0 Å². The summed E-state index contributed by atoms with van der Waals surface area (Å²) >= 11 is 0. The van der Waals surface area contributed by atoms with Crippen molar-refractivity contribution >= 4 is 17.7 Å². The molecule has 1 heterocycles. The van der Waals surface area contributed by atoms with E-state index in [1.54, 1.807) is 20.2 Å². The fourth-order valence-corrected chi connectivity index (χ4v) is 1.91. The predicted octanol–water partition coefficient (Wildman–Crippen LogP) is 0.628. The van der Waals surface area contributed by atoms with E-state index in [1.165, 1.54) is 17.2 Å². The van der Waals surface area contributed by atoms with Gasteiger partial charge in [-0.05, 0) is 24.5 Å². The third kappa shape index (κ3) is 5.59. The van der Waals surface area contributed by atoms with E-state index in [0.29, 0.717) is 6.42 Å². The normalized spacial score (nSPS) is 11.9. The Morgan fingerprint density at radius 1 is 1.27 bits per heavy atom. The van der Waals surface area contributed by atoms with Gasteiger partial charge >= 0.3 is 0 Å². The van der Waals surface area contributed by atoms with E-state index in [0.717, 1.165) is 0 Å². The summed E-state index contributed by atoms with van der Waals surface area (Å²) in [6, 6.07) is 2.50. The largest absolute Gasteiger partial charge is 0.459 e. The van der Waals surface area contributed by atoms with Crippen molar-refractivity contribution in [3.05, 3.63) is 24.2 Å². The van der Waals surface area contributed by atoms with Crippen LogP contribution in [0.2, 0.25) is 0 Å². The van der Waals surface area contributed by atoms with Gasteiger partial charge in [0.25, 0.3) is 5.91 Å². The van der Waals surface area contributed by atoms with Gasteiger partial charge in [0.15, 0.2) is 5.76 Å². The lowest BCUT2D eigenvalue weighted by Crippen LogP contribution is -2.49. The van der Waals surface area contributed by atoms with Crippen molar-refractivity contribution < 1.29 is 18.8 Å². The third-order valence-electron chi connectivity index (χ3n) is 2.94. The highest BCUT2D eigenvalue weighted by Gasteiger charge is 2.23. The molecule has 0 aliphatic carbocycles. The molecular formula is C15H23N3O4. The monoisotopic (exact) mass is 309 g/mol. The molecule has 1 atom stereocenters. The molecule has 1 rings (SSSR count). The van der Waals surface area contributed by atoms with Crippen LogP contribution in [0.4, 0.5) is 0 Å². The third-order valence-corrected chi connectivity index (χ3v) is 2.94. The molecule has 0 bridgehead atoms. The van der Waals surface area contributed by atoms with Crippen LogP contribution in [0.3, 0.4) is 0 Å². The van der Waals surface area contributed by atoms with Crippen LogP contribution in [0, 0.1) is 5.92 Å². The molecule has 0 aromatic carbocycles. The Hall–Kier alpha value is -2.31. The SMILES string of the molecule is CC(C)C[C@H](NC(=O)CNC(=O)c1ccco1)C(=O)N(C)C. The summed E-state index contributed by atoms with van der Waals surface area (Å²) in [6.45, 7) is 3.73. The summed E-state index contributed by atoms with van der Waals surface area (Å²) in [5.74, 6) is -0.664. The van der Waals surface area contributed by atoms with Gasteiger partial charge < -0.3 is 20.0 Å². The van der Waals surface area contributed by atoms with E-state index in [9.17, 15) is 14.4 Å². The molecule has 2 N–H and O–H groups in total. The first-order valence-corrected chi connectivity index (χ1v) is 7.13. The van der Waals surface area contributed by atoms with Gasteiger partial charge in [0.1, 0.15) is 6.04 Å². The van der Waals surface area contributed by atoms with Gasteiger partial charge in [-0.1, -0.05) is 13.8 Å². The van der Waals surface area contributed by atoms with Gasteiger partial charge in [-0.15, -0.1) is 0 Å². The molecule has 122 valence electrons. The van der Waals surface area contributed by atoms with Crippen molar-refractivity contribution in [3.8, 4) is 0 Å². The number of carbonyl (C=O) groups is 3. The van der Waals surface area contributed by atoms with E-state index in [2.05, 4.69) is 10.6 Å². The number of furan rings is 1. The van der Waals surface area contributed by atoms with Crippen LogP contribution in [-0.4, -0.2) is 49.3 Å². The van der Waals surface area contributed by atoms with Gasteiger partial charge in [-0.2, -0.15) is 0 Å². The molecule has 0 fully saturated rings. The second-order valence-electron chi connectivity index (χ2n) is 5.64. The van der Waals surface area contributed by atoms with E-state index in [-0.39, 0.29) is 24.1 Å². The molecule has 0 radical (unpaired) electrons. The molecule has 0 saturated carbocycles. The topological polar surface area (TPSA) is 91.6 Å². The number of carbonyl (C=O) groups excluding carboxylic acids is 3. The zero-order valence-corrected chi connectivity index (χ0v) is 13.4. The second kappa shape index (κ2) is 8.21. The molecule has 7 heteroatoms. The molecule has 0 spiro atoms. The van der Waals surface area contributed by atoms with Gasteiger partial charge in [0, 0.05) is 14.1 Å². The van der Waals surface area contributed by atoms with Crippen LogP contribution in [0.1, 0.15) is 30.8 Å². The number of likely N-dealkylation sites (N-methyl/N-ethyl adjacent to an activating group) is 1. The number of hydrogen-bond acceptors (Lipinski definition) is 4. The number of amides is 3. The minimum atomic E-state index is -0.594. The minimum Gasteiger partial charge on any atom is -0.459 e. The van der Waals surface area contributed by atoms with Crippen molar-refractivity contribution in [2.75, 3.05) is 20.6 Å². The van der Waals surface area contributed by atoms with Gasteiger partial charge in [-0.3, -0.25) is 14.4 Å². The van der Waals surface area contributed by atoms with E-state index >= 15 is 0 Å². The number of hydrogen-bond donors (Lipinski definition) is 2. The highest BCUT2D eigenvalue weighted by molar-refractivity contribution is 5.95. The maximum atomic E-state index is 12.0. The fraction of sp³-hybridized carbons (Fsp3) is 0.533. The first kappa shape index (κ1) is 17.7. The second-order valence-corrected chi connectivity index (χ2v) is 5.64. The van der Waals surface area contributed by atoms with E-state index in [1.807, 2.05) is 13.8 Å². The number of nitrogens with one attached hydrogen (secondary N) is 2. The van der Waals surface area contributed by atoms with Gasteiger partial charge in [0.05, 0.1) is 12.8 Å². The Kier molecular flexibility index (Phi) is 6.62. The summed E-state index contributed by atoms with van der Waals surface area (Å²) in [5.41, 5.74) is 0. The Morgan fingerprint density at radius 2 is 1.95 bits per heavy atom. The molecule has 0 aliphatic heterocycles. The summed E-state index contributed by atoms with van der Waals surface area (Å²) in [5, 5.41) is 5.10. The Labute approximate surface area is 130 Å². The molecule has 0 unspecified atom stereocenters. The molecule has 22 heavy (non-hydrogen) atoms. The molecule has 0 aliphatic rings. The minimum absolute atomic E-state index is 0.135. The average molecular weight is 309 g/mol. The highest BCUT2D eigenvalue weighted by Crippen LogP contribution is 2.06. The Bertz CT molecular complexity index is 509. The molecule has 1 aromatic rings. The van der Waals surface area contributed by atoms with Crippen molar-refractivity contribution in [2.45, 2.75) is 26.3 Å². The lowest BCUT2D eigenvalue weighted by Gasteiger charge is -2.23. The lowest BCUT2D eigenvalue weighted by molar-refractivity contribution is -0.134. The molecule has 3 amide bonds. The highest BCUT2D eigenvalue weighted by atomic mass is 16.3. The van der Waals surface area contributed by atoms with Crippen molar-refractivity contribution in [2.24, 2.45) is 5.92 Å². The smallest absolute Gasteiger partial charge is 0.287 e. The van der Waals surface area contributed by atoms with E-state index < -0.39 is 17.9 Å². The fourth-order valence-electron chi connectivity index (χ4n) is 1.91. The van der Waals surface area contributed by atoms with Gasteiger partial charge in [0.2, 0.25) is 11.8 Å². The molecular weight excluding hydrogens is 286 g/mol. The maximum absolute atomic E-state index is 12.0. The summed E-state index contributed by atoms with van der Waals surface area (Å²) in [4.78, 5) is 37.1. The van der Waals surface area contributed by atoms with Gasteiger partial charge in [-0.25, -0.2) is 0 Å². The van der Waals surface area contributed by atoms with Crippen LogP contribution >= 0.6 is 0 Å². The van der Waals surface area contributed by atoms with Crippen LogP contribution < -0.4 is 10.6 Å². The first-order chi connectivity index (χ1) is 10.3. The summed E-state index contributed by atoms with van der Waals surface area (Å²) in [7, 11) is 3.28. The number of rotatable bonds is 7. The number of nitrogens with zero attached hydrogens (tertiary/aromatic N) is 1. The predicted molar refractivity (Wildman–Crippen MR) is 81.1 cm³/mol. The van der Waals surface area contributed by atoms with E-state index in [4.69, 9.17) is 4.42 Å². The Morgan fingerprint density at radius 3 is 2.45 bits per heavy atom. The summed E-state index contributed by atoms with van der Waals surface area (Å²) < 4.78 is 4.93. The zero-order chi connectivity index (χ0) is 16.7. The van der Waals surface area contributed by atoms with Crippen molar-refractivity contribution in [3.63, 3.8) is 0 Å². The quantitative estimate of drug-likeness (QED) is 0.773. The van der Waals surface area contributed by atoms with Crippen molar-refractivity contribution in [1.29, 1.82) is 0 Å². The molecule has 1 aromatic heterocycles.